The van der Waals surface area contributed by atoms with Gasteiger partial charge in [0.25, 0.3) is 0 Å². The number of aliphatic hydroxyl groups is 1. The highest BCUT2D eigenvalue weighted by atomic mass is 35.5. The van der Waals surface area contributed by atoms with Gasteiger partial charge in [0, 0.05) is 31.2 Å². The number of amides is 3. The number of hydrogen-bond acceptors (Lipinski definition) is 3. The first-order valence-corrected chi connectivity index (χ1v) is 11.2. The Morgan fingerprint density at radius 3 is 2.30 bits per heavy atom. The van der Waals surface area contributed by atoms with Crippen molar-refractivity contribution in [1.29, 1.82) is 0 Å². The highest BCUT2D eigenvalue weighted by Crippen LogP contribution is 2.42. The average Bonchev–Trinajstić information content (AvgIpc) is 3.12. The smallest absolute Gasteiger partial charge is 0.318 e. The third kappa shape index (κ3) is 5.09. The fraction of sp³-hybridized carbons (Fsp3) is 0.652. The summed E-state index contributed by atoms with van der Waals surface area (Å²) < 4.78 is 0. The second-order valence-corrected chi connectivity index (χ2v) is 10.1. The highest BCUT2D eigenvalue weighted by Gasteiger charge is 2.41. The van der Waals surface area contributed by atoms with Gasteiger partial charge in [0.2, 0.25) is 5.91 Å². The van der Waals surface area contributed by atoms with Gasteiger partial charge < -0.3 is 20.2 Å². The van der Waals surface area contributed by atoms with Crippen LogP contribution in [-0.4, -0.2) is 65.2 Å². The predicted molar refractivity (Wildman–Crippen MR) is 119 cm³/mol. The Morgan fingerprint density at radius 1 is 1.13 bits per heavy atom. The van der Waals surface area contributed by atoms with Crippen molar-refractivity contribution in [2.24, 2.45) is 11.3 Å². The lowest BCUT2D eigenvalue weighted by molar-refractivity contribution is -0.137. The first-order chi connectivity index (χ1) is 14.1. The van der Waals surface area contributed by atoms with Crippen molar-refractivity contribution < 1.29 is 14.7 Å². The van der Waals surface area contributed by atoms with E-state index < -0.39 is 12.1 Å². The second-order valence-electron chi connectivity index (χ2n) is 9.70. The van der Waals surface area contributed by atoms with Crippen molar-refractivity contribution in [1.82, 2.24) is 15.1 Å². The Bertz CT molecular complexity index is 765. The Hall–Kier alpha value is -1.79. The van der Waals surface area contributed by atoms with Crippen LogP contribution in [0.15, 0.2) is 24.3 Å². The Labute approximate surface area is 184 Å². The molecular weight excluding hydrogens is 402 g/mol. The Morgan fingerprint density at radius 2 is 1.77 bits per heavy atom. The Balaban J connectivity index is 1.67. The molecule has 3 rings (SSSR count). The molecule has 7 heteroatoms. The van der Waals surface area contributed by atoms with E-state index in [1.807, 2.05) is 30.9 Å². The predicted octanol–water partition coefficient (Wildman–Crippen LogP) is 3.48. The van der Waals surface area contributed by atoms with Gasteiger partial charge in [0.05, 0.1) is 6.10 Å². The van der Waals surface area contributed by atoms with E-state index in [1.54, 1.807) is 4.90 Å². The lowest BCUT2D eigenvalue weighted by atomic mass is 9.70. The molecule has 2 heterocycles. The zero-order valence-corrected chi connectivity index (χ0v) is 19.2. The number of likely N-dealkylation sites (tertiary alicyclic amines) is 2. The number of piperidine rings is 1. The number of rotatable bonds is 4. The van der Waals surface area contributed by atoms with Crippen LogP contribution in [0, 0.1) is 11.3 Å². The van der Waals surface area contributed by atoms with Gasteiger partial charge in [-0.15, -0.1) is 0 Å². The van der Waals surface area contributed by atoms with E-state index in [2.05, 4.69) is 31.3 Å². The minimum atomic E-state index is -0.571. The number of hydrogen-bond donors (Lipinski definition) is 2. The molecule has 3 atom stereocenters. The number of nitrogens with one attached hydrogen (secondary N) is 1. The molecular formula is C23H34ClN3O3. The molecule has 0 aliphatic carbocycles. The van der Waals surface area contributed by atoms with Gasteiger partial charge in [-0.3, -0.25) is 4.79 Å². The van der Waals surface area contributed by atoms with E-state index in [0.717, 1.165) is 11.4 Å². The summed E-state index contributed by atoms with van der Waals surface area (Å²) in [5, 5.41) is 13.3. The van der Waals surface area contributed by atoms with Crippen molar-refractivity contribution in [2.75, 3.05) is 26.2 Å². The highest BCUT2D eigenvalue weighted by molar-refractivity contribution is 6.30. The summed E-state index contributed by atoms with van der Waals surface area (Å²) in [7, 11) is 0. The van der Waals surface area contributed by atoms with Gasteiger partial charge in [0.15, 0.2) is 0 Å². The average molecular weight is 436 g/mol. The number of β-amino-alcohol motifs (C(OH)–C–C–N with tert-alkyl or cyclic N) is 1. The third-order valence-corrected chi connectivity index (χ3v) is 6.73. The fourth-order valence-electron chi connectivity index (χ4n) is 4.72. The van der Waals surface area contributed by atoms with Crippen molar-refractivity contribution in [3.63, 3.8) is 0 Å². The van der Waals surface area contributed by atoms with E-state index in [-0.39, 0.29) is 23.3 Å². The molecule has 2 N–H and O–H groups in total. The molecule has 2 aliphatic heterocycles. The van der Waals surface area contributed by atoms with Crippen LogP contribution in [0.4, 0.5) is 4.79 Å². The summed E-state index contributed by atoms with van der Waals surface area (Å²) in [5.41, 5.74) is 1.16. The van der Waals surface area contributed by atoms with E-state index in [0.29, 0.717) is 38.5 Å². The summed E-state index contributed by atoms with van der Waals surface area (Å²) in [6.45, 7) is 10.4. The molecule has 0 bridgehead atoms. The summed E-state index contributed by atoms with van der Waals surface area (Å²) in [5.74, 6) is 0.295. The molecule has 166 valence electrons. The minimum Gasteiger partial charge on any atom is -0.391 e. The number of benzene rings is 1. The van der Waals surface area contributed by atoms with Crippen LogP contribution in [-0.2, 0) is 4.79 Å². The molecule has 0 spiro atoms. The fourth-order valence-corrected chi connectivity index (χ4v) is 4.84. The number of urea groups is 1. The molecule has 1 unspecified atom stereocenters. The SMILES string of the molecule is CC(C)[C@@H](NC(=O)N1CC[C@H](O)C1)C(=O)N1CCC(c2ccc(Cl)cc2)C(C)(C)C1. The Kier molecular flexibility index (Phi) is 6.98. The molecule has 2 aliphatic rings. The van der Waals surface area contributed by atoms with Crippen molar-refractivity contribution in [2.45, 2.75) is 58.6 Å². The number of aliphatic hydroxyl groups excluding tert-OH is 1. The van der Waals surface area contributed by atoms with E-state index in [9.17, 15) is 14.7 Å². The number of nitrogens with zero attached hydrogens (tertiary/aromatic N) is 2. The molecule has 6 nitrogen and oxygen atoms in total. The van der Waals surface area contributed by atoms with Gasteiger partial charge in [-0.05, 0) is 47.8 Å². The maximum atomic E-state index is 13.4. The van der Waals surface area contributed by atoms with Crippen molar-refractivity contribution in [3.05, 3.63) is 34.9 Å². The van der Waals surface area contributed by atoms with Crippen LogP contribution >= 0.6 is 11.6 Å². The summed E-state index contributed by atoms with van der Waals surface area (Å²) in [6.07, 6.45) is 0.981. The second kappa shape index (κ2) is 9.15. The maximum Gasteiger partial charge on any atom is 0.318 e. The molecule has 1 aromatic carbocycles. The van der Waals surface area contributed by atoms with Gasteiger partial charge in [0.1, 0.15) is 6.04 Å². The van der Waals surface area contributed by atoms with Gasteiger partial charge >= 0.3 is 6.03 Å². The summed E-state index contributed by atoms with van der Waals surface area (Å²) in [4.78, 5) is 29.4. The first kappa shape index (κ1) is 22.9. The molecule has 0 saturated carbocycles. The van der Waals surface area contributed by atoms with Crippen molar-refractivity contribution in [3.8, 4) is 0 Å². The molecule has 2 saturated heterocycles. The van der Waals surface area contributed by atoms with Crippen LogP contribution < -0.4 is 5.32 Å². The quantitative estimate of drug-likeness (QED) is 0.760. The van der Waals surface area contributed by atoms with Crippen LogP contribution in [0.2, 0.25) is 5.02 Å². The summed E-state index contributed by atoms with van der Waals surface area (Å²) >= 11 is 6.04. The number of halogens is 1. The van der Waals surface area contributed by atoms with E-state index in [1.165, 1.54) is 5.56 Å². The van der Waals surface area contributed by atoms with Gasteiger partial charge in [-0.1, -0.05) is 51.4 Å². The van der Waals surface area contributed by atoms with Crippen LogP contribution in [0.3, 0.4) is 0 Å². The van der Waals surface area contributed by atoms with E-state index >= 15 is 0 Å². The molecule has 30 heavy (non-hydrogen) atoms. The molecule has 0 aromatic heterocycles. The third-order valence-electron chi connectivity index (χ3n) is 6.48. The largest absolute Gasteiger partial charge is 0.391 e. The zero-order valence-electron chi connectivity index (χ0n) is 18.4. The molecule has 3 amide bonds. The van der Waals surface area contributed by atoms with Gasteiger partial charge in [-0.25, -0.2) is 4.79 Å². The zero-order chi connectivity index (χ0) is 22.1. The molecule has 0 radical (unpaired) electrons. The van der Waals surface area contributed by atoms with Crippen LogP contribution in [0.1, 0.15) is 52.0 Å². The normalized spacial score (nSPS) is 24.8. The van der Waals surface area contributed by atoms with Crippen LogP contribution in [0.5, 0.6) is 0 Å². The van der Waals surface area contributed by atoms with Crippen molar-refractivity contribution >= 4 is 23.5 Å². The topological polar surface area (TPSA) is 72.9 Å². The molecule has 2 fully saturated rings. The maximum absolute atomic E-state index is 13.4. The number of carbonyl (C=O) groups excluding carboxylic acids is 2. The number of carbonyl (C=O) groups is 2. The minimum absolute atomic E-state index is 0.0222. The lowest BCUT2D eigenvalue weighted by Crippen LogP contribution is -2.57. The lowest BCUT2D eigenvalue weighted by Gasteiger charge is -2.46. The molecule has 1 aromatic rings. The van der Waals surface area contributed by atoms with Gasteiger partial charge in [-0.2, -0.15) is 0 Å². The van der Waals surface area contributed by atoms with E-state index in [4.69, 9.17) is 11.6 Å². The summed E-state index contributed by atoms with van der Waals surface area (Å²) in [6, 6.07) is 7.16. The monoisotopic (exact) mass is 435 g/mol. The first-order valence-electron chi connectivity index (χ1n) is 10.9. The standard InChI is InChI=1S/C23H34ClN3O3/c1-15(2)20(25-22(30)26-11-9-18(28)13-26)21(29)27-12-10-19(23(3,4)14-27)16-5-7-17(24)8-6-16/h5-8,15,18-20,28H,9-14H2,1-4H3,(H,25,30)/t18-,19?,20+/m0/s1. The van der Waals surface area contributed by atoms with Crippen LogP contribution in [0.25, 0.3) is 0 Å².